The van der Waals surface area contributed by atoms with E-state index < -0.39 is 10.1 Å². The van der Waals surface area contributed by atoms with Gasteiger partial charge in [0.15, 0.2) is 0 Å². The van der Waals surface area contributed by atoms with Gasteiger partial charge in [0.1, 0.15) is 6.61 Å². The maximum atomic E-state index is 10.7. The molecule has 90 valence electrons. The highest BCUT2D eigenvalue weighted by atomic mass is 32.2. The molecule has 16 heavy (non-hydrogen) atoms. The Hall–Kier alpha value is -1.01. The molecule has 0 atom stereocenters. The first kappa shape index (κ1) is 13.1. The average molecular weight is 244 g/mol. The summed E-state index contributed by atoms with van der Waals surface area (Å²) < 4.78 is 26.1. The van der Waals surface area contributed by atoms with Crippen LogP contribution in [-0.4, -0.2) is 24.6 Å². The first-order valence-corrected chi connectivity index (χ1v) is 6.97. The molecular weight excluding hydrogens is 228 g/mol. The molecule has 0 unspecified atom stereocenters. The summed E-state index contributed by atoms with van der Waals surface area (Å²) >= 11 is 0. The normalized spacial score (nSPS) is 11.6. The van der Waals surface area contributed by atoms with E-state index in [1.165, 1.54) is 0 Å². The number of unbranched alkanes of at least 4 members (excludes halogenated alkanes) is 1. The lowest BCUT2D eigenvalue weighted by Crippen LogP contribution is -2.05. The Bertz CT molecular complexity index is 414. The summed E-state index contributed by atoms with van der Waals surface area (Å²) in [6, 6.07) is 0. The molecule has 1 rings (SSSR count). The topological polar surface area (TPSA) is 69.2 Å². The third-order valence-electron chi connectivity index (χ3n) is 1.97. The first-order chi connectivity index (χ1) is 7.51. The Balaban J connectivity index is 2.51. The van der Waals surface area contributed by atoms with E-state index in [9.17, 15) is 8.42 Å². The Labute approximate surface area is 96.0 Å². The highest BCUT2D eigenvalue weighted by molar-refractivity contribution is 7.85. The van der Waals surface area contributed by atoms with Gasteiger partial charge >= 0.3 is 0 Å². The SMILES string of the molecule is CCCCc1cnc(COS(C)(=O)=O)cn1. The van der Waals surface area contributed by atoms with Crippen LogP contribution >= 0.6 is 0 Å². The fraction of sp³-hybridized carbons (Fsp3) is 0.600. The molecule has 1 aromatic rings. The third-order valence-corrected chi connectivity index (χ3v) is 2.51. The van der Waals surface area contributed by atoms with E-state index in [4.69, 9.17) is 0 Å². The summed E-state index contributed by atoms with van der Waals surface area (Å²) in [4.78, 5) is 8.26. The number of hydrogen-bond acceptors (Lipinski definition) is 5. The second-order valence-electron chi connectivity index (χ2n) is 3.57. The minimum Gasteiger partial charge on any atom is -0.264 e. The summed E-state index contributed by atoms with van der Waals surface area (Å²) in [6.45, 7) is 2.06. The van der Waals surface area contributed by atoms with Crippen molar-refractivity contribution in [3.05, 3.63) is 23.8 Å². The van der Waals surface area contributed by atoms with Crippen molar-refractivity contribution in [1.82, 2.24) is 9.97 Å². The number of aromatic nitrogens is 2. The highest BCUT2D eigenvalue weighted by Gasteiger charge is 2.04. The van der Waals surface area contributed by atoms with E-state index in [0.717, 1.165) is 31.2 Å². The van der Waals surface area contributed by atoms with Crippen molar-refractivity contribution in [2.75, 3.05) is 6.26 Å². The Morgan fingerprint density at radius 2 is 1.88 bits per heavy atom. The number of aryl methyl sites for hydroxylation is 1. The van der Waals surface area contributed by atoms with E-state index in [2.05, 4.69) is 21.1 Å². The van der Waals surface area contributed by atoms with Crippen molar-refractivity contribution in [2.24, 2.45) is 0 Å². The van der Waals surface area contributed by atoms with Gasteiger partial charge in [0, 0.05) is 6.20 Å². The van der Waals surface area contributed by atoms with E-state index in [1.807, 2.05) is 0 Å². The van der Waals surface area contributed by atoms with E-state index in [-0.39, 0.29) is 6.61 Å². The van der Waals surface area contributed by atoms with Crippen molar-refractivity contribution in [1.29, 1.82) is 0 Å². The lowest BCUT2D eigenvalue weighted by molar-refractivity contribution is 0.306. The van der Waals surface area contributed by atoms with Gasteiger partial charge in [-0.2, -0.15) is 8.42 Å². The van der Waals surface area contributed by atoms with Crippen molar-refractivity contribution in [2.45, 2.75) is 32.8 Å². The average Bonchev–Trinajstić information content (AvgIpc) is 2.24. The summed E-state index contributed by atoms with van der Waals surface area (Å²) in [5, 5.41) is 0. The van der Waals surface area contributed by atoms with Crippen LogP contribution in [0.5, 0.6) is 0 Å². The van der Waals surface area contributed by atoms with Gasteiger partial charge in [-0.25, -0.2) is 0 Å². The molecule has 0 saturated carbocycles. The second kappa shape index (κ2) is 5.91. The Morgan fingerprint density at radius 3 is 2.38 bits per heavy atom. The molecule has 0 spiro atoms. The van der Waals surface area contributed by atoms with Crippen LogP contribution in [0.15, 0.2) is 12.4 Å². The van der Waals surface area contributed by atoms with Crippen LogP contribution in [0, 0.1) is 0 Å². The molecule has 0 saturated heterocycles. The number of rotatable bonds is 6. The summed E-state index contributed by atoms with van der Waals surface area (Å²) in [5.74, 6) is 0. The molecule has 1 heterocycles. The van der Waals surface area contributed by atoms with Gasteiger partial charge in [-0.15, -0.1) is 0 Å². The van der Waals surface area contributed by atoms with Crippen LogP contribution in [0.2, 0.25) is 0 Å². The number of nitrogens with zero attached hydrogens (tertiary/aromatic N) is 2. The quantitative estimate of drug-likeness (QED) is 0.705. The minimum absolute atomic E-state index is 0.0557. The van der Waals surface area contributed by atoms with Crippen LogP contribution in [0.3, 0.4) is 0 Å². The Morgan fingerprint density at radius 1 is 1.25 bits per heavy atom. The summed E-state index contributed by atoms with van der Waals surface area (Å²) in [7, 11) is -3.41. The lowest BCUT2D eigenvalue weighted by Gasteiger charge is -2.02. The molecule has 0 amide bonds. The van der Waals surface area contributed by atoms with Gasteiger partial charge in [0.2, 0.25) is 0 Å². The van der Waals surface area contributed by atoms with Gasteiger partial charge < -0.3 is 0 Å². The second-order valence-corrected chi connectivity index (χ2v) is 5.21. The molecule has 1 aromatic heterocycles. The minimum atomic E-state index is -3.41. The zero-order valence-electron chi connectivity index (χ0n) is 9.51. The van der Waals surface area contributed by atoms with Crippen LogP contribution < -0.4 is 0 Å². The van der Waals surface area contributed by atoms with Gasteiger partial charge in [-0.05, 0) is 12.8 Å². The molecule has 0 N–H and O–H groups in total. The molecule has 0 aliphatic rings. The van der Waals surface area contributed by atoms with Crippen LogP contribution in [0.1, 0.15) is 31.2 Å². The van der Waals surface area contributed by atoms with Gasteiger partial charge in [0.05, 0.1) is 23.8 Å². The maximum Gasteiger partial charge on any atom is 0.264 e. The largest absolute Gasteiger partial charge is 0.264 e. The zero-order valence-corrected chi connectivity index (χ0v) is 10.3. The monoisotopic (exact) mass is 244 g/mol. The van der Waals surface area contributed by atoms with Gasteiger partial charge in [0.25, 0.3) is 10.1 Å². The molecule has 0 fully saturated rings. The summed E-state index contributed by atoms with van der Waals surface area (Å²) in [6.07, 6.45) is 7.31. The fourth-order valence-electron chi connectivity index (χ4n) is 1.11. The summed E-state index contributed by atoms with van der Waals surface area (Å²) in [5.41, 5.74) is 1.44. The lowest BCUT2D eigenvalue weighted by atomic mass is 10.2. The molecule has 0 aliphatic carbocycles. The fourth-order valence-corrected chi connectivity index (χ4v) is 1.45. The molecule has 0 aromatic carbocycles. The highest BCUT2D eigenvalue weighted by Crippen LogP contribution is 2.03. The predicted molar refractivity (Wildman–Crippen MR) is 60.3 cm³/mol. The van der Waals surface area contributed by atoms with Crippen molar-refractivity contribution >= 4 is 10.1 Å². The van der Waals surface area contributed by atoms with Crippen LogP contribution in [0.4, 0.5) is 0 Å². The zero-order chi connectivity index (χ0) is 12.0. The standard InChI is InChI=1S/C10H16N2O3S/c1-3-4-5-9-6-12-10(7-11-9)8-15-16(2,13)14/h6-7H,3-5,8H2,1-2H3. The molecule has 0 radical (unpaired) electrons. The van der Waals surface area contributed by atoms with Crippen LogP contribution in [-0.2, 0) is 27.3 Å². The van der Waals surface area contributed by atoms with Crippen molar-refractivity contribution in [3.63, 3.8) is 0 Å². The molecule has 5 nitrogen and oxygen atoms in total. The first-order valence-electron chi connectivity index (χ1n) is 5.15. The molecule has 0 aliphatic heterocycles. The predicted octanol–water partition coefficient (Wildman–Crippen LogP) is 1.30. The third kappa shape index (κ3) is 5.18. The molecule has 0 bridgehead atoms. The smallest absolute Gasteiger partial charge is 0.264 e. The van der Waals surface area contributed by atoms with E-state index in [1.54, 1.807) is 12.4 Å². The van der Waals surface area contributed by atoms with Crippen molar-refractivity contribution < 1.29 is 12.6 Å². The number of hydrogen-bond donors (Lipinski definition) is 0. The van der Waals surface area contributed by atoms with Gasteiger partial charge in [-0.3, -0.25) is 14.2 Å². The van der Waals surface area contributed by atoms with E-state index in [0.29, 0.717) is 5.69 Å². The van der Waals surface area contributed by atoms with Gasteiger partial charge in [-0.1, -0.05) is 13.3 Å². The maximum absolute atomic E-state index is 10.7. The van der Waals surface area contributed by atoms with Crippen LogP contribution in [0.25, 0.3) is 0 Å². The van der Waals surface area contributed by atoms with Crippen molar-refractivity contribution in [3.8, 4) is 0 Å². The van der Waals surface area contributed by atoms with E-state index >= 15 is 0 Å². The molecule has 6 heteroatoms. The Kier molecular flexibility index (Phi) is 4.82. The molecular formula is C10H16N2O3S.